The third-order valence-corrected chi connectivity index (χ3v) is 5.66. The number of halogens is 2. The van der Waals surface area contributed by atoms with Gasteiger partial charge in [-0.25, -0.2) is 8.78 Å². The van der Waals surface area contributed by atoms with Gasteiger partial charge < -0.3 is 15.0 Å². The van der Waals surface area contributed by atoms with Crippen molar-refractivity contribution >= 4 is 18.0 Å². The summed E-state index contributed by atoms with van der Waals surface area (Å²) in [6, 6.07) is 13.4. The van der Waals surface area contributed by atoms with Crippen LogP contribution in [0.4, 0.5) is 8.78 Å². The molecule has 2 aromatic carbocycles. The Kier molecular flexibility index (Phi) is 13.4. The van der Waals surface area contributed by atoms with Crippen molar-refractivity contribution in [2.24, 2.45) is 0 Å². The van der Waals surface area contributed by atoms with E-state index in [2.05, 4.69) is 5.32 Å². The predicted octanol–water partition coefficient (Wildman–Crippen LogP) is 5.89. The number of hydrogen-bond acceptors (Lipinski definition) is 4. The minimum atomic E-state index is -0.836. The van der Waals surface area contributed by atoms with E-state index in [9.17, 15) is 18.4 Å². The molecule has 1 atom stereocenters. The van der Waals surface area contributed by atoms with Gasteiger partial charge in [0.25, 0.3) is 0 Å². The minimum absolute atomic E-state index is 0.0576. The molecule has 0 bridgehead atoms. The molecule has 0 fully saturated rings. The van der Waals surface area contributed by atoms with Gasteiger partial charge in [-0.05, 0) is 45.0 Å². The maximum atomic E-state index is 13.6. The molecular weight excluding hydrogens is 462 g/mol. The molecule has 0 unspecified atom stereocenters. The number of rotatable bonds is 16. The van der Waals surface area contributed by atoms with E-state index in [-0.39, 0.29) is 36.5 Å². The molecule has 2 rings (SSSR count). The summed E-state index contributed by atoms with van der Waals surface area (Å²) in [5, 5.41) is 2.97. The Morgan fingerprint density at radius 1 is 0.972 bits per heavy atom. The molecule has 5 nitrogen and oxygen atoms in total. The summed E-state index contributed by atoms with van der Waals surface area (Å²) >= 11 is 0. The first-order valence-corrected chi connectivity index (χ1v) is 12.6. The SMILES string of the molecule is CN(C)C[C@@H](CC(=O)OCc1ccccc1)NC(=O)CCCCCCCC=Cc1cccc(F)c1F. The van der Waals surface area contributed by atoms with Gasteiger partial charge in [-0.1, -0.05) is 73.9 Å². The highest BCUT2D eigenvalue weighted by atomic mass is 19.2. The number of amides is 1. The highest BCUT2D eigenvalue weighted by Crippen LogP contribution is 2.14. The number of nitrogens with zero attached hydrogens (tertiary/aromatic N) is 1. The average molecular weight is 501 g/mol. The lowest BCUT2D eigenvalue weighted by Crippen LogP contribution is -2.43. The second kappa shape index (κ2) is 16.6. The highest BCUT2D eigenvalue weighted by Gasteiger charge is 2.18. The lowest BCUT2D eigenvalue weighted by atomic mass is 10.1. The van der Waals surface area contributed by atoms with E-state index in [1.54, 1.807) is 12.1 Å². The normalized spacial score (nSPS) is 12.1. The highest BCUT2D eigenvalue weighted by molar-refractivity contribution is 5.77. The Labute approximate surface area is 213 Å². The smallest absolute Gasteiger partial charge is 0.308 e. The molecule has 7 heteroatoms. The van der Waals surface area contributed by atoms with Gasteiger partial charge in [0.15, 0.2) is 11.6 Å². The molecule has 0 saturated heterocycles. The fourth-order valence-corrected chi connectivity index (χ4v) is 3.84. The van der Waals surface area contributed by atoms with Gasteiger partial charge in [-0.15, -0.1) is 0 Å². The Hall–Kier alpha value is -3.06. The monoisotopic (exact) mass is 500 g/mol. The third kappa shape index (κ3) is 12.1. The predicted molar refractivity (Wildman–Crippen MR) is 139 cm³/mol. The van der Waals surface area contributed by atoms with Crippen LogP contribution in [0.25, 0.3) is 6.08 Å². The summed E-state index contributed by atoms with van der Waals surface area (Å²) in [7, 11) is 3.80. The molecule has 36 heavy (non-hydrogen) atoms. The van der Waals surface area contributed by atoms with E-state index in [0.29, 0.717) is 13.0 Å². The summed E-state index contributed by atoms with van der Waals surface area (Å²) < 4.78 is 32.2. The number of likely N-dealkylation sites (N-methyl/N-ethyl adjacent to an activating group) is 1. The first-order valence-electron chi connectivity index (χ1n) is 12.6. The fraction of sp³-hybridized carbons (Fsp3) is 0.448. The molecular formula is C29H38F2N2O3. The van der Waals surface area contributed by atoms with E-state index < -0.39 is 11.6 Å². The summed E-state index contributed by atoms with van der Waals surface area (Å²) in [6.45, 7) is 0.777. The number of hydrogen-bond donors (Lipinski definition) is 1. The first-order chi connectivity index (χ1) is 17.3. The topological polar surface area (TPSA) is 58.6 Å². The number of carbonyl (C=O) groups excluding carboxylic acids is 2. The number of nitrogens with one attached hydrogen (secondary N) is 1. The number of ether oxygens (including phenoxy) is 1. The minimum Gasteiger partial charge on any atom is -0.461 e. The number of allylic oxidation sites excluding steroid dienone is 1. The van der Waals surface area contributed by atoms with Crippen molar-refractivity contribution in [3.8, 4) is 0 Å². The van der Waals surface area contributed by atoms with E-state index in [4.69, 9.17) is 4.74 Å². The Morgan fingerprint density at radius 2 is 1.69 bits per heavy atom. The number of esters is 1. The average Bonchev–Trinajstić information content (AvgIpc) is 2.84. The molecule has 1 amide bonds. The van der Waals surface area contributed by atoms with Crippen molar-refractivity contribution in [3.63, 3.8) is 0 Å². The van der Waals surface area contributed by atoms with Crippen LogP contribution in [-0.2, 0) is 20.9 Å². The van der Waals surface area contributed by atoms with Crippen molar-refractivity contribution in [2.45, 2.75) is 64.0 Å². The lowest BCUT2D eigenvalue weighted by Gasteiger charge is -2.22. The van der Waals surface area contributed by atoms with Crippen LogP contribution >= 0.6 is 0 Å². The largest absolute Gasteiger partial charge is 0.461 e. The molecule has 0 spiro atoms. The van der Waals surface area contributed by atoms with Crippen LogP contribution < -0.4 is 5.32 Å². The zero-order valence-corrected chi connectivity index (χ0v) is 21.3. The molecule has 2 aromatic rings. The maximum absolute atomic E-state index is 13.6. The fourth-order valence-electron chi connectivity index (χ4n) is 3.84. The maximum Gasteiger partial charge on any atom is 0.308 e. The van der Waals surface area contributed by atoms with Crippen LogP contribution in [-0.4, -0.2) is 43.5 Å². The zero-order chi connectivity index (χ0) is 26.2. The number of benzene rings is 2. The Balaban J connectivity index is 1.59. The van der Waals surface area contributed by atoms with Gasteiger partial charge >= 0.3 is 5.97 Å². The van der Waals surface area contributed by atoms with Gasteiger partial charge in [-0.3, -0.25) is 9.59 Å². The number of unbranched alkanes of at least 4 members (excludes halogenated alkanes) is 5. The van der Waals surface area contributed by atoms with Crippen molar-refractivity contribution in [2.75, 3.05) is 20.6 Å². The molecule has 0 heterocycles. The van der Waals surface area contributed by atoms with Gasteiger partial charge in [0.05, 0.1) is 12.5 Å². The first kappa shape index (κ1) is 29.2. The second-order valence-corrected chi connectivity index (χ2v) is 9.23. The molecule has 0 aliphatic heterocycles. The van der Waals surface area contributed by atoms with Crippen LogP contribution in [0, 0.1) is 11.6 Å². The van der Waals surface area contributed by atoms with Crippen LogP contribution in [0.15, 0.2) is 54.6 Å². The molecule has 196 valence electrons. The molecule has 0 saturated carbocycles. The van der Waals surface area contributed by atoms with E-state index in [1.807, 2.05) is 55.4 Å². The quantitative estimate of drug-likeness (QED) is 0.231. The summed E-state index contributed by atoms with van der Waals surface area (Å²) in [6.07, 6.45) is 9.50. The third-order valence-electron chi connectivity index (χ3n) is 5.66. The van der Waals surface area contributed by atoms with E-state index in [1.165, 1.54) is 6.07 Å². The van der Waals surface area contributed by atoms with Crippen molar-refractivity contribution in [1.29, 1.82) is 0 Å². The molecule has 0 radical (unpaired) electrons. The van der Waals surface area contributed by atoms with Crippen LogP contribution in [0.2, 0.25) is 0 Å². The number of carbonyl (C=O) groups is 2. The van der Waals surface area contributed by atoms with Crippen molar-refractivity contribution < 1.29 is 23.1 Å². The zero-order valence-electron chi connectivity index (χ0n) is 21.3. The lowest BCUT2D eigenvalue weighted by molar-refractivity contribution is -0.145. The molecule has 1 N–H and O–H groups in total. The van der Waals surface area contributed by atoms with Crippen LogP contribution in [0.1, 0.15) is 62.5 Å². The molecule has 0 aromatic heterocycles. The van der Waals surface area contributed by atoms with Gasteiger partial charge in [0.2, 0.25) is 5.91 Å². The Bertz CT molecular complexity index is 964. The standard InChI is InChI=1S/C29H38F2N2O3/c1-33(2)21-25(20-28(35)36-22-23-14-9-8-10-15-23)32-27(34)19-12-7-5-3-4-6-11-16-24-17-13-18-26(30)29(24)31/h8-11,13-18,25H,3-7,12,19-22H2,1-2H3,(H,32,34)/t25-/m1/s1. The van der Waals surface area contributed by atoms with Gasteiger partial charge in [0.1, 0.15) is 6.61 Å². The molecule has 0 aliphatic rings. The van der Waals surface area contributed by atoms with Gasteiger partial charge in [0, 0.05) is 18.5 Å². The van der Waals surface area contributed by atoms with Crippen molar-refractivity contribution in [1.82, 2.24) is 10.2 Å². The van der Waals surface area contributed by atoms with Crippen molar-refractivity contribution in [3.05, 3.63) is 77.4 Å². The second-order valence-electron chi connectivity index (χ2n) is 9.23. The van der Waals surface area contributed by atoms with Crippen LogP contribution in [0.3, 0.4) is 0 Å². The summed E-state index contributed by atoms with van der Waals surface area (Å²) in [4.78, 5) is 26.6. The Morgan fingerprint density at radius 3 is 2.44 bits per heavy atom. The van der Waals surface area contributed by atoms with E-state index in [0.717, 1.165) is 50.2 Å². The van der Waals surface area contributed by atoms with Gasteiger partial charge in [-0.2, -0.15) is 0 Å². The summed E-state index contributed by atoms with van der Waals surface area (Å²) in [5.41, 5.74) is 1.19. The van der Waals surface area contributed by atoms with Crippen LogP contribution in [0.5, 0.6) is 0 Å². The molecule has 0 aliphatic carbocycles. The van der Waals surface area contributed by atoms with E-state index >= 15 is 0 Å². The summed E-state index contributed by atoms with van der Waals surface area (Å²) in [5.74, 6) is -2.04.